The van der Waals surface area contributed by atoms with E-state index in [1.807, 2.05) is 6.08 Å². The second kappa shape index (κ2) is 14.4. The van der Waals surface area contributed by atoms with Crippen LogP contribution in [0.15, 0.2) is 12.7 Å². The summed E-state index contributed by atoms with van der Waals surface area (Å²) in [6, 6.07) is -0.677. The quantitative estimate of drug-likeness (QED) is 0.317. The highest BCUT2D eigenvalue weighted by molar-refractivity contribution is 5.80. The molecule has 0 bridgehead atoms. The minimum atomic E-state index is -0.677. The molecule has 1 atom stereocenters. The summed E-state index contributed by atoms with van der Waals surface area (Å²) in [6.07, 6.45) is 10.6. The Morgan fingerprint density at radius 3 is 2.23 bits per heavy atom. The Morgan fingerprint density at radius 1 is 1.05 bits per heavy atom. The zero-order chi connectivity index (χ0) is 16.6. The molecule has 0 aromatic rings. The molecule has 0 heterocycles. The number of amides is 1. The second-order valence-electron chi connectivity index (χ2n) is 5.31. The maximum absolute atomic E-state index is 11.6. The molecule has 128 valence electrons. The normalized spacial score (nSPS) is 11.5. The van der Waals surface area contributed by atoms with Crippen molar-refractivity contribution in [2.24, 2.45) is 0 Å². The van der Waals surface area contributed by atoms with Gasteiger partial charge in [-0.25, -0.2) is 9.59 Å². The maximum atomic E-state index is 11.6. The molecule has 0 aromatic heterocycles. The highest BCUT2D eigenvalue weighted by atomic mass is 16.6. The molecule has 1 amide bonds. The molecule has 0 aliphatic heterocycles. The van der Waals surface area contributed by atoms with Gasteiger partial charge in [0.25, 0.3) is 0 Å². The van der Waals surface area contributed by atoms with Gasteiger partial charge < -0.3 is 14.8 Å². The summed E-state index contributed by atoms with van der Waals surface area (Å²) in [5, 5.41) is 2.42. The van der Waals surface area contributed by atoms with Crippen molar-refractivity contribution < 1.29 is 19.1 Å². The molecule has 0 rings (SSSR count). The van der Waals surface area contributed by atoms with Crippen molar-refractivity contribution >= 4 is 12.1 Å². The Labute approximate surface area is 134 Å². The topological polar surface area (TPSA) is 64.6 Å². The Balaban J connectivity index is 3.44. The number of carbonyl (C=O) groups excluding carboxylic acids is 2. The zero-order valence-electron chi connectivity index (χ0n) is 14.1. The number of ether oxygens (including phenoxy) is 2. The fourth-order valence-corrected chi connectivity index (χ4v) is 1.98. The van der Waals surface area contributed by atoms with E-state index in [0.29, 0.717) is 6.61 Å². The van der Waals surface area contributed by atoms with E-state index in [4.69, 9.17) is 9.47 Å². The Morgan fingerprint density at radius 2 is 1.64 bits per heavy atom. The van der Waals surface area contributed by atoms with Crippen molar-refractivity contribution in [2.75, 3.05) is 13.2 Å². The number of allylic oxidation sites excluding steroid dienone is 1. The van der Waals surface area contributed by atoms with Gasteiger partial charge >= 0.3 is 12.1 Å². The molecule has 22 heavy (non-hydrogen) atoms. The highest BCUT2D eigenvalue weighted by Crippen LogP contribution is 2.08. The monoisotopic (exact) mass is 313 g/mol. The minimum absolute atomic E-state index is 0.279. The van der Waals surface area contributed by atoms with Crippen molar-refractivity contribution in [2.45, 2.75) is 71.3 Å². The van der Waals surface area contributed by atoms with Crippen molar-refractivity contribution in [3.8, 4) is 0 Å². The van der Waals surface area contributed by atoms with Crippen LogP contribution in [0.5, 0.6) is 0 Å². The van der Waals surface area contributed by atoms with E-state index in [2.05, 4.69) is 11.9 Å². The molecular weight excluding hydrogens is 282 g/mol. The first-order chi connectivity index (χ1) is 10.6. The van der Waals surface area contributed by atoms with Crippen LogP contribution in [0.4, 0.5) is 4.79 Å². The number of alkyl carbamates (subject to hydrolysis) is 1. The standard InChI is InChI=1S/C17H31NO4/c1-4-6-7-8-9-10-11-12-13-14-22-16(19)15(3)18-17(20)21-5-2/h4,15H,1,5-14H2,2-3H3,(H,18,20)/t15-/m0/s1. The number of esters is 1. The van der Waals surface area contributed by atoms with Gasteiger partial charge in [0.05, 0.1) is 13.2 Å². The van der Waals surface area contributed by atoms with Crippen LogP contribution in [-0.4, -0.2) is 31.3 Å². The van der Waals surface area contributed by atoms with Crippen LogP contribution in [0.25, 0.3) is 0 Å². The van der Waals surface area contributed by atoms with Gasteiger partial charge in [-0.2, -0.15) is 0 Å². The van der Waals surface area contributed by atoms with Gasteiger partial charge in [-0.15, -0.1) is 6.58 Å². The number of hydrogen-bond donors (Lipinski definition) is 1. The summed E-state index contributed by atoms with van der Waals surface area (Å²) in [7, 11) is 0. The Kier molecular flexibility index (Phi) is 13.4. The first-order valence-electron chi connectivity index (χ1n) is 8.32. The van der Waals surface area contributed by atoms with Gasteiger partial charge in [-0.3, -0.25) is 0 Å². The molecule has 5 nitrogen and oxygen atoms in total. The molecule has 0 saturated carbocycles. The lowest BCUT2D eigenvalue weighted by molar-refractivity contribution is -0.145. The van der Waals surface area contributed by atoms with Crippen LogP contribution < -0.4 is 5.32 Å². The van der Waals surface area contributed by atoms with Crippen LogP contribution >= 0.6 is 0 Å². The molecule has 0 aromatic carbocycles. The molecular formula is C17H31NO4. The fourth-order valence-electron chi connectivity index (χ4n) is 1.98. The van der Waals surface area contributed by atoms with E-state index in [0.717, 1.165) is 19.3 Å². The van der Waals surface area contributed by atoms with Crippen LogP contribution in [0, 0.1) is 0 Å². The molecule has 0 aliphatic rings. The van der Waals surface area contributed by atoms with E-state index < -0.39 is 18.1 Å². The minimum Gasteiger partial charge on any atom is -0.464 e. The van der Waals surface area contributed by atoms with Gasteiger partial charge in [0.1, 0.15) is 6.04 Å². The third-order valence-corrected chi connectivity index (χ3v) is 3.26. The first kappa shape index (κ1) is 20.5. The number of unbranched alkanes of at least 4 members (excludes halogenated alkanes) is 7. The van der Waals surface area contributed by atoms with E-state index in [-0.39, 0.29) is 6.61 Å². The molecule has 0 spiro atoms. The lowest BCUT2D eigenvalue weighted by atomic mass is 10.1. The van der Waals surface area contributed by atoms with Crippen LogP contribution in [-0.2, 0) is 14.3 Å². The molecule has 0 radical (unpaired) electrons. The fraction of sp³-hybridized carbons (Fsp3) is 0.765. The number of hydrogen-bond acceptors (Lipinski definition) is 4. The molecule has 0 unspecified atom stereocenters. The van der Waals surface area contributed by atoms with Crippen molar-refractivity contribution in [1.29, 1.82) is 0 Å². The van der Waals surface area contributed by atoms with Crippen LogP contribution in [0.2, 0.25) is 0 Å². The third-order valence-electron chi connectivity index (χ3n) is 3.26. The first-order valence-corrected chi connectivity index (χ1v) is 8.32. The Bertz CT molecular complexity index is 318. The average Bonchev–Trinajstić information content (AvgIpc) is 2.49. The highest BCUT2D eigenvalue weighted by Gasteiger charge is 2.17. The summed E-state index contributed by atoms with van der Waals surface area (Å²) >= 11 is 0. The van der Waals surface area contributed by atoms with Gasteiger partial charge in [0.15, 0.2) is 0 Å². The Hall–Kier alpha value is -1.52. The number of carbonyl (C=O) groups is 2. The zero-order valence-corrected chi connectivity index (χ0v) is 14.1. The van der Waals surface area contributed by atoms with E-state index in [9.17, 15) is 9.59 Å². The van der Waals surface area contributed by atoms with Crippen molar-refractivity contribution in [3.05, 3.63) is 12.7 Å². The van der Waals surface area contributed by atoms with E-state index in [1.165, 1.54) is 32.1 Å². The summed E-state index contributed by atoms with van der Waals surface area (Å²) in [6.45, 7) is 7.69. The summed E-state index contributed by atoms with van der Waals surface area (Å²) in [5.41, 5.74) is 0. The predicted molar refractivity (Wildman–Crippen MR) is 87.7 cm³/mol. The summed E-state index contributed by atoms with van der Waals surface area (Å²) in [5.74, 6) is -0.419. The largest absolute Gasteiger partial charge is 0.464 e. The molecule has 0 saturated heterocycles. The van der Waals surface area contributed by atoms with Gasteiger partial charge in [-0.05, 0) is 33.1 Å². The van der Waals surface area contributed by atoms with E-state index in [1.54, 1.807) is 13.8 Å². The smallest absolute Gasteiger partial charge is 0.407 e. The molecule has 1 N–H and O–H groups in total. The third kappa shape index (κ3) is 12.2. The molecule has 5 heteroatoms. The number of nitrogens with one attached hydrogen (secondary N) is 1. The predicted octanol–water partition coefficient (Wildman–Crippen LogP) is 3.97. The number of rotatable bonds is 13. The molecule has 0 aliphatic carbocycles. The summed E-state index contributed by atoms with van der Waals surface area (Å²) < 4.78 is 9.83. The van der Waals surface area contributed by atoms with Crippen molar-refractivity contribution in [3.63, 3.8) is 0 Å². The second-order valence-corrected chi connectivity index (χ2v) is 5.31. The average molecular weight is 313 g/mol. The van der Waals surface area contributed by atoms with Gasteiger partial charge in [0, 0.05) is 0 Å². The maximum Gasteiger partial charge on any atom is 0.407 e. The lowest BCUT2D eigenvalue weighted by Crippen LogP contribution is -2.39. The molecule has 0 fully saturated rings. The van der Waals surface area contributed by atoms with Crippen molar-refractivity contribution in [1.82, 2.24) is 5.32 Å². The van der Waals surface area contributed by atoms with Gasteiger partial charge in [0.2, 0.25) is 0 Å². The van der Waals surface area contributed by atoms with Gasteiger partial charge in [-0.1, -0.05) is 38.2 Å². The lowest BCUT2D eigenvalue weighted by Gasteiger charge is -2.13. The van der Waals surface area contributed by atoms with Crippen LogP contribution in [0.1, 0.15) is 65.2 Å². The SMILES string of the molecule is C=CCCCCCCCCCOC(=O)[C@H](C)NC(=O)OCC. The van der Waals surface area contributed by atoms with Crippen LogP contribution in [0.3, 0.4) is 0 Å². The van der Waals surface area contributed by atoms with E-state index >= 15 is 0 Å². The summed E-state index contributed by atoms with van der Waals surface area (Å²) in [4.78, 5) is 22.8.